The lowest BCUT2D eigenvalue weighted by atomic mass is 9.70. The molecule has 2 nitrogen and oxygen atoms in total. The number of thiophene rings is 1. The number of hydrogen-bond acceptors (Lipinski definition) is 1. The zero-order valence-electron chi connectivity index (χ0n) is 46.7. The van der Waals surface area contributed by atoms with Crippen molar-refractivity contribution in [3.8, 4) is 44.8 Å². The van der Waals surface area contributed by atoms with Crippen LogP contribution in [-0.2, 0) is 5.41 Å². The van der Waals surface area contributed by atoms with Crippen molar-refractivity contribution >= 4 is 108 Å². The van der Waals surface area contributed by atoms with Gasteiger partial charge in [-0.05, 0) is 155 Å². The predicted octanol–water partition coefficient (Wildman–Crippen LogP) is 22.2. The van der Waals surface area contributed by atoms with Gasteiger partial charge in [0.25, 0.3) is 0 Å². The first-order valence-electron chi connectivity index (χ1n) is 29.8. The minimum absolute atomic E-state index is 0.418. The molecule has 0 saturated carbocycles. The molecule has 0 amide bonds. The molecule has 0 fully saturated rings. The Morgan fingerprint density at radius 1 is 0.314 bits per heavy atom. The first-order chi connectivity index (χ1) is 42.7. The fourth-order valence-corrected chi connectivity index (χ4v) is 16.8. The predicted molar refractivity (Wildman–Crippen MR) is 365 cm³/mol. The molecule has 14 aromatic carbocycles. The number of nitrogens with zero attached hydrogens (tertiary/aromatic N) is 2. The molecule has 0 bridgehead atoms. The average molecular weight is 1110 g/mol. The molecule has 86 heavy (non-hydrogen) atoms. The number of aromatic nitrogens is 2. The minimum atomic E-state index is -0.418. The van der Waals surface area contributed by atoms with Crippen LogP contribution in [0.15, 0.2) is 297 Å². The van der Waals surface area contributed by atoms with Gasteiger partial charge < -0.3 is 9.13 Å². The van der Waals surface area contributed by atoms with Crippen LogP contribution in [-0.4, -0.2) is 9.13 Å². The number of benzene rings is 14. The Labute approximate surface area is 500 Å². The van der Waals surface area contributed by atoms with Gasteiger partial charge in [-0.25, -0.2) is 0 Å². The molecule has 17 aromatic rings. The van der Waals surface area contributed by atoms with Crippen molar-refractivity contribution in [3.05, 3.63) is 336 Å². The fraction of sp³-hybridized carbons (Fsp3) is 0.0120. The van der Waals surface area contributed by atoms with Crippen LogP contribution >= 0.6 is 11.3 Å². The van der Waals surface area contributed by atoms with Crippen molar-refractivity contribution in [2.24, 2.45) is 0 Å². The summed E-state index contributed by atoms with van der Waals surface area (Å²) in [4.78, 5) is 0. The third-order valence-electron chi connectivity index (χ3n) is 19.1. The van der Waals surface area contributed by atoms with Gasteiger partial charge in [-0.3, -0.25) is 0 Å². The quantitative estimate of drug-likeness (QED) is 0.116. The Balaban J connectivity index is 0.866. The molecule has 2 aliphatic carbocycles. The smallest absolute Gasteiger partial charge is 0.0725 e. The first-order valence-corrected chi connectivity index (χ1v) is 30.6. The number of hydrogen-bond donors (Lipinski definition) is 0. The summed E-state index contributed by atoms with van der Waals surface area (Å²) in [6.07, 6.45) is 2.47. The molecule has 2 aliphatic rings. The molecule has 0 unspecified atom stereocenters. The van der Waals surface area contributed by atoms with Crippen LogP contribution in [0.2, 0.25) is 0 Å². The van der Waals surface area contributed by atoms with Gasteiger partial charge in [-0.2, -0.15) is 0 Å². The highest BCUT2D eigenvalue weighted by molar-refractivity contribution is 7.25. The summed E-state index contributed by atoms with van der Waals surface area (Å²) >= 11 is 1.87. The molecule has 1 spiro atoms. The molecule has 0 atom stereocenters. The SMILES string of the molecule is C(=C(/c1ccc(-c2cccc3c2-c2ccccc2C32c3ccccc3-c3ccccc32)cc1)c1ccc2c3c4ccccc4c4ccccc4c3n(-c3ccc4sc5ccccc5c4c3)c2c1)/c1cccc2c1c1ccccc1n2-c1ccccc1. The van der Waals surface area contributed by atoms with Crippen molar-refractivity contribution in [3.63, 3.8) is 0 Å². The molecular formula is C83H50N2S. The maximum absolute atomic E-state index is 2.57. The molecule has 3 aromatic heterocycles. The van der Waals surface area contributed by atoms with Gasteiger partial charge in [0.15, 0.2) is 0 Å². The summed E-state index contributed by atoms with van der Waals surface area (Å²) in [5.41, 5.74) is 24.3. The number of fused-ring (bicyclic) bond motifs is 24. The molecule has 0 aliphatic heterocycles. The van der Waals surface area contributed by atoms with Gasteiger partial charge in [-0.1, -0.05) is 243 Å². The minimum Gasteiger partial charge on any atom is -0.309 e. The molecule has 19 rings (SSSR count). The van der Waals surface area contributed by atoms with E-state index in [4.69, 9.17) is 0 Å². The maximum atomic E-state index is 2.57. The van der Waals surface area contributed by atoms with E-state index in [-0.39, 0.29) is 0 Å². The zero-order valence-corrected chi connectivity index (χ0v) is 47.5. The standard InChI is InChI=1S/C83H50N2S/c1-2-21-55(22-3-1)84-74-37-16-11-31-66(74)79-54(20-18-38-75(79)84)48-68(52-42-40-51(41-43-52)57-32-19-36-73-80(57)65-30-10-15-35-72(65)83(73)70-33-13-8-25-60(70)61-26-9-14-34-71(61)83)53-44-46-67-76(49-53)85(56-45-47-78-69(50-56)62-27-12-17-39-77(62)86-78)82-64-29-7-5-24-59(64)58-23-4-6-28-63(58)81(67)82/h1-50H/b68-48+. The Bertz CT molecular complexity index is 5720. The Morgan fingerprint density at radius 3 is 1.65 bits per heavy atom. The molecule has 3 heteroatoms. The van der Waals surface area contributed by atoms with E-state index >= 15 is 0 Å². The summed E-state index contributed by atoms with van der Waals surface area (Å²) in [5.74, 6) is 0. The molecular weight excluding hydrogens is 1060 g/mol. The van der Waals surface area contributed by atoms with Crippen molar-refractivity contribution in [2.75, 3.05) is 0 Å². The van der Waals surface area contributed by atoms with E-state index in [1.165, 1.54) is 147 Å². The molecule has 398 valence electrons. The number of para-hydroxylation sites is 2. The van der Waals surface area contributed by atoms with Crippen LogP contribution in [0.5, 0.6) is 0 Å². The van der Waals surface area contributed by atoms with Gasteiger partial charge >= 0.3 is 0 Å². The highest BCUT2D eigenvalue weighted by Crippen LogP contribution is 2.64. The molecule has 0 saturated heterocycles. The second kappa shape index (κ2) is 18.1. The zero-order chi connectivity index (χ0) is 56.2. The van der Waals surface area contributed by atoms with Crippen LogP contribution in [0, 0.1) is 0 Å². The third kappa shape index (κ3) is 6.50. The lowest BCUT2D eigenvalue weighted by Crippen LogP contribution is -2.25. The van der Waals surface area contributed by atoms with E-state index in [0.29, 0.717) is 0 Å². The maximum Gasteiger partial charge on any atom is 0.0725 e. The van der Waals surface area contributed by atoms with Crippen molar-refractivity contribution in [1.29, 1.82) is 0 Å². The normalized spacial score (nSPS) is 13.3. The van der Waals surface area contributed by atoms with E-state index < -0.39 is 5.41 Å². The van der Waals surface area contributed by atoms with Crippen LogP contribution in [0.4, 0.5) is 0 Å². The van der Waals surface area contributed by atoms with E-state index in [1.807, 2.05) is 11.3 Å². The largest absolute Gasteiger partial charge is 0.309 e. The lowest BCUT2D eigenvalue weighted by Gasteiger charge is -2.30. The van der Waals surface area contributed by atoms with Crippen LogP contribution in [0.25, 0.3) is 142 Å². The van der Waals surface area contributed by atoms with E-state index in [0.717, 1.165) is 28.1 Å². The topological polar surface area (TPSA) is 9.86 Å². The molecule has 0 N–H and O–H groups in total. The van der Waals surface area contributed by atoms with E-state index in [9.17, 15) is 0 Å². The van der Waals surface area contributed by atoms with Crippen molar-refractivity contribution in [1.82, 2.24) is 9.13 Å². The monoisotopic (exact) mass is 1110 g/mol. The third-order valence-corrected chi connectivity index (χ3v) is 20.3. The fourth-order valence-electron chi connectivity index (χ4n) is 15.7. The van der Waals surface area contributed by atoms with Gasteiger partial charge in [0.2, 0.25) is 0 Å². The van der Waals surface area contributed by atoms with Gasteiger partial charge in [-0.15, -0.1) is 11.3 Å². The summed E-state index contributed by atoms with van der Waals surface area (Å²) < 4.78 is 7.60. The van der Waals surface area contributed by atoms with Crippen molar-refractivity contribution in [2.45, 2.75) is 5.41 Å². The summed E-state index contributed by atoms with van der Waals surface area (Å²) in [5, 5.41) is 12.5. The van der Waals surface area contributed by atoms with Crippen LogP contribution in [0.1, 0.15) is 38.9 Å². The molecule has 3 heterocycles. The first kappa shape index (κ1) is 47.6. The highest BCUT2D eigenvalue weighted by Gasteiger charge is 2.52. The Morgan fingerprint density at radius 2 is 0.872 bits per heavy atom. The van der Waals surface area contributed by atoms with Crippen LogP contribution in [0.3, 0.4) is 0 Å². The average Bonchev–Trinajstić information content (AvgIpc) is 1.61. The second-order valence-electron chi connectivity index (χ2n) is 23.3. The van der Waals surface area contributed by atoms with E-state index in [2.05, 4.69) is 312 Å². The highest BCUT2D eigenvalue weighted by atomic mass is 32.1. The number of rotatable bonds is 6. The lowest BCUT2D eigenvalue weighted by molar-refractivity contribution is 0.794. The Hall–Kier alpha value is -10.8. The Kier molecular flexibility index (Phi) is 10.0. The van der Waals surface area contributed by atoms with Crippen LogP contribution < -0.4 is 0 Å². The second-order valence-corrected chi connectivity index (χ2v) is 24.4. The van der Waals surface area contributed by atoms with Gasteiger partial charge in [0.1, 0.15) is 0 Å². The summed E-state index contributed by atoms with van der Waals surface area (Å²) in [6.45, 7) is 0. The van der Waals surface area contributed by atoms with E-state index in [1.54, 1.807) is 0 Å². The summed E-state index contributed by atoms with van der Waals surface area (Å²) in [6, 6.07) is 112. The van der Waals surface area contributed by atoms with Gasteiger partial charge in [0, 0.05) is 58.5 Å². The van der Waals surface area contributed by atoms with Crippen molar-refractivity contribution < 1.29 is 0 Å². The summed E-state index contributed by atoms with van der Waals surface area (Å²) in [7, 11) is 0. The van der Waals surface area contributed by atoms with Gasteiger partial charge in [0.05, 0.1) is 27.5 Å². The molecule has 0 radical (unpaired) electrons.